The van der Waals surface area contributed by atoms with Crippen LogP contribution in [0.2, 0.25) is 0 Å². The third-order valence-corrected chi connectivity index (χ3v) is 11.8. The molecule has 2 nitrogen and oxygen atoms in total. The Morgan fingerprint density at radius 2 is 1.16 bits per heavy atom. The largest absolute Gasteiger partial charge is 0.455 e. The van der Waals surface area contributed by atoms with Crippen molar-refractivity contribution in [2.75, 3.05) is 4.90 Å². The summed E-state index contributed by atoms with van der Waals surface area (Å²) in [5, 5.41) is 4.61. The van der Waals surface area contributed by atoms with E-state index in [0.29, 0.717) is 0 Å². The van der Waals surface area contributed by atoms with Gasteiger partial charge < -0.3 is 9.32 Å². The molecule has 0 radical (unpaired) electrons. The van der Waals surface area contributed by atoms with Gasteiger partial charge in [-0.15, -0.1) is 0 Å². The molecule has 0 aliphatic heterocycles. The van der Waals surface area contributed by atoms with Crippen molar-refractivity contribution >= 4 is 49.8 Å². The number of fused-ring (bicyclic) bond motifs is 7. The molecule has 0 fully saturated rings. The van der Waals surface area contributed by atoms with Crippen LogP contribution in [0, 0.1) is 0 Å². The lowest BCUT2D eigenvalue weighted by molar-refractivity contribution is 0.590. The van der Waals surface area contributed by atoms with Crippen LogP contribution >= 0.6 is 0 Å². The van der Waals surface area contributed by atoms with Crippen LogP contribution in [0.15, 0.2) is 174 Å². The van der Waals surface area contributed by atoms with Crippen LogP contribution in [0.5, 0.6) is 0 Å². The first-order valence-electron chi connectivity index (χ1n) is 19.4. The van der Waals surface area contributed by atoms with Gasteiger partial charge in [-0.05, 0) is 86.0 Å². The minimum absolute atomic E-state index is 0.0265. The number of rotatable bonds is 5. The van der Waals surface area contributed by atoms with Gasteiger partial charge in [-0.3, -0.25) is 0 Å². The normalized spacial score (nSPS) is 13.3. The molecule has 1 aliphatic rings. The topological polar surface area (TPSA) is 16.4 Å². The number of nitrogens with zero attached hydrogens (tertiary/aromatic N) is 1. The summed E-state index contributed by atoms with van der Waals surface area (Å²) in [4.78, 5) is 2.51. The van der Waals surface area contributed by atoms with Gasteiger partial charge in [0.1, 0.15) is 11.2 Å². The van der Waals surface area contributed by atoms with Crippen molar-refractivity contribution in [1.82, 2.24) is 0 Å². The van der Waals surface area contributed by atoms with Crippen molar-refractivity contribution in [3.8, 4) is 33.4 Å². The van der Waals surface area contributed by atoms with E-state index in [9.17, 15) is 0 Å². The van der Waals surface area contributed by atoms with Gasteiger partial charge in [0.15, 0.2) is 0 Å². The Bertz CT molecular complexity index is 2940. The van der Waals surface area contributed by atoms with E-state index in [-0.39, 0.29) is 10.8 Å². The number of para-hydroxylation sites is 2. The van der Waals surface area contributed by atoms with Gasteiger partial charge in [-0.25, -0.2) is 0 Å². The zero-order valence-electron chi connectivity index (χ0n) is 32.0. The fourth-order valence-corrected chi connectivity index (χ4v) is 8.96. The standard InChI is InChI=1S/C53H43NO/c1-52(2,3)36-27-31-47(44(32-36)34-16-7-6-8-17-34)54(37-28-29-40-39-20-11-13-24-45(39)53(4,5)46(40)33-37)48-30-26-35-18-9-10-19-38(35)50(48)43-23-15-22-42-41-21-12-14-25-49(41)55-51(42)43/h6-33H,1-5H3. The van der Waals surface area contributed by atoms with Crippen molar-refractivity contribution in [2.24, 2.45) is 0 Å². The van der Waals surface area contributed by atoms with Gasteiger partial charge >= 0.3 is 0 Å². The highest BCUT2D eigenvalue weighted by atomic mass is 16.3. The molecule has 0 saturated heterocycles. The fraction of sp³-hybridized carbons (Fsp3) is 0.132. The van der Waals surface area contributed by atoms with Crippen molar-refractivity contribution in [1.29, 1.82) is 0 Å². The summed E-state index contributed by atoms with van der Waals surface area (Å²) in [5.41, 5.74) is 16.2. The summed E-state index contributed by atoms with van der Waals surface area (Å²) in [6.45, 7) is 11.6. The summed E-state index contributed by atoms with van der Waals surface area (Å²) in [6, 6.07) is 62.3. The summed E-state index contributed by atoms with van der Waals surface area (Å²) >= 11 is 0. The number of benzene rings is 8. The molecular formula is C53H43NO. The molecule has 1 aromatic heterocycles. The van der Waals surface area contributed by atoms with E-state index in [1.54, 1.807) is 0 Å². The first-order valence-corrected chi connectivity index (χ1v) is 19.4. The SMILES string of the molecule is CC(C)(C)c1ccc(N(c2ccc3c(c2)C(C)(C)c2ccccc2-3)c2ccc3ccccc3c2-c2cccc3c2oc2ccccc23)c(-c2ccccc2)c1. The number of anilines is 3. The second kappa shape index (κ2) is 12.3. The molecule has 55 heavy (non-hydrogen) atoms. The summed E-state index contributed by atoms with van der Waals surface area (Å²) in [5.74, 6) is 0. The Hall–Kier alpha value is -6.38. The minimum Gasteiger partial charge on any atom is -0.455 e. The second-order valence-electron chi connectivity index (χ2n) is 16.5. The first-order chi connectivity index (χ1) is 26.7. The number of hydrogen-bond acceptors (Lipinski definition) is 2. The van der Waals surface area contributed by atoms with Crippen LogP contribution in [0.25, 0.3) is 66.1 Å². The Morgan fingerprint density at radius 1 is 0.491 bits per heavy atom. The van der Waals surface area contributed by atoms with Gasteiger partial charge in [-0.1, -0.05) is 168 Å². The molecule has 0 amide bonds. The van der Waals surface area contributed by atoms with Crippen molar-refractivity contribution in [2.45, 2.75) is 45.4 Å². The molecule has 0 N–H and O–H groups in total. The Balaban J connectivity index is 1.32. The van der Waals surface area contributed by atoms with E-state index in [1.807, 2.05) is 0 Å². The number of furan rings is 1. The predicted molar refractivity (Wildman–Crippen MR) is 233 cm³/mol. The second-order valence-corrected chi connectivity index (χ2v) is 16.5. The molecule has 2 heteroatoms. The summed E-state index contributed by atoms with van der Waals surface area (Å²) in [7, 11) is 0. The zero-order chi connectivity index (χ0) is 37.5. The molecule has 10 rings (SSSR count). The lowest BCUT2D eigenvalue weighted by atomic mass is 9.82. The molecule has 0 bridgehead atoms. The third-order valence-electron chi connectivity index (χ3n) is 11.8. The highest BCUT2D eigenvalue weighted by Gasteiger charge is 2.36. The van der Waals surface area contributed by atoms with E-state index in [2.05, 4.69) is 209 Å². The molecule has 8 aromatic carbocycles. The first kappa shape index (κ1) is 33.2. The molecule has 0 unspecified atom stereocenters. The molecular weight excluding hydrogens is 667 g/mol. The molecule has 1 heterocycles. The Morgan fingerprint density at radius 3 is 2.00 bits per heavy atom. The molecule has 9 aromatic rings. The smallest absolute Gasteiger partial charge is 0.143 e. The average Bonchev–Trinajstić information content (AvgIpc) is 3.70. The average molecular weight is 710 g/mol. The lowest BCUT2D eigenvalue weighted by Gasteiger charge is -2.33. The Kier molecular flexibility index (Phi) is 7.44. The minimum atomic E-state index is -0.155. The van der Waals surface area contributed by atoms with Crippen LogP contribution in [-0.4, -0.2) is 0 Å². The van der Waals surface area contributed by atoms with E-state index in [1.165, 1.54) is 49.7 Å². The highest BCUT2D eigenvalue weighted by molar-refractivity contribution is 6.15. The van der Waals surface area contributed by atoms with E-state index in [0.717, 1.165) is 50.1 Å². The van der Waals surface area contributed by atoms with Crippen LogP contribution < -0.4 is 4.90 Å². The summed E-state index contributed by atoms with van der Waals surface area (Å²) in [6.07, 6.45) is 0. The monoisotopic (exact) mass is 709 g/mol. The maximum absolute atomic E-state index is 6.78. The third kappa shape index (κ3) is 5.23. The van der Waals surface area contributed by atoms with Gasteiger partial charge in [0, 0.05) is 38.6 Å². The molecule has 0 spiro atoms. The number of hydrogen-bond donors (Lipinski definition) is 0. The lowest BCUT2D eigenvalue weighted by Crippen LogP contribution is -2.18. The van der Waals surface area contributed by atoms with Crippen molar-refractivity contribution in [3.05, 3.63) is 187 Å². The van der Waals surface area contributed by atoms with E-state index < -0.39 is 0 Å². The van der Waals surface area contributed by atoms with Gasteiger partial charge in [0.2, 0.25) is 0 Å². The van der Waals surface area contributed by atoms with Crippen LogP contribution in [0.1, 0.15) is 51.3 Å². The van der Waals surface area contributed by atoms with Crippen LogP contribution in [0.4, 0.5) is 17.1 Å². The van der Waals surface area contributed by atoms with E-state index >= 15 is 0 Å². The quantitative estimate of drug-likeness (QED) is 0.177. The molecule has 266 valence electrons. The van der Waals surface area contributed by atoms with Gasteiger partial charge in [0.25, 0.3) is 0 Å². The maximum atomic E-state index is 6.78. The maximum Gasteiger partial charge on any atom is 0.143 e. The van der Waals surface area contributed by atoms with Gasteiger partial charge in [-0.2, -0.15) is 0 Å². The van der Waals surface area contributed by atoms with Gasteiger partial charge in [0.05, 0.1) is 11.4 Å². The Labute approximate surface area is 323 Å². The van der Waals surface area contributed by atoms with Crippen molar-refractivity contribution in [3.63, 3.8) is 0 Å². The van der Waals surface area contributed by atoms with E-state index in [4.69, 9.17) is 4.42 Å². The molecule has 1 aliphatic carbocycles. The van der Waals surface area contributed by atoms with Crippen LogP contribution in [-0.2, 0) is 10.8 Å². The fourth-order valence-electron chi connectivity index (χ4n) is 8.96. The molecule has 0 atom stereocenters. The summed E-state index contributed by atoms with van der Waals surface area (Å²) < 4.78 is 6.78. The highest BCUT2D eigenvalue weighted by Crippen LogP contribution is 2.53. The van der Waals surface area contributed by atoms with Crippen LogP contribution in [0.3, 0.4) is 0 Å². The zero-order valence-corrected chi connectivity index (χ0v) is 32.0. The molecule has 0 saturated carbocycles. The van der Waals surface area contributed by atoms with Crippen molar-refractivity contribution < 1.29 is 4.42 Å². The predicted octanol–water partition coefficient (Wildman–Crippen LogP) is 15.1.